The SMILES string of the molecule is CCCN(C1CCNC1)C(C)c1cccs1. The molecule has 2 rings (SSSR count). The van der Waals surface area contributed by atoms with Crippen molar-refractivity contribution in [1.82, 2.24) is 10.2 Å². The van der Waals surface area contributed by atoms with Gasteiger partial charge in [0.15, 0.2) is 0 Å². The lowest BCUT2D eigenvalue weighted by Gasteiger charge is -2.33. The number of nitrogens with zero attached hydrogens (tertiary/aromatic N) is 1. The summed E-state index contributed by atoms with van der Waals surface area (Å²) in [6, 6.07) is 5.73. The van der Waals surface area contributed by atoms with Crippen molar-refractivity contribution in [2.24, 2.45) is 0 Å². The molecule has 0 radical (unpaired) electrons. The molecular formula is C13H22N2S. The van der Waals surface area contributed by atoms with Gasteiger partial charge in [0.05, 0.1) is 0 Å². The van der Waals surface area contributed by atoms with E-state index in [0.29, 0.717) is 6.04 Å². The first-order chi connectivity index (χ1) is 7.83. The Bertz CT molecular complexity index is 291. The molecule has 1 aliphatic heterocycles. The van der Waals surface area contributed by atoms with Crippen LogP contribution in [-0.2, 0) is 0 Å². The Kier molecular flexibility index (Phi) is 4.38. The van der Waals surface area contributed by atoms with Crippen molar-refractivity contribution in [3.63, 3.8) is 0 Å². The van der Waals surface area contributed by atoms with Crippen LogP contribution in [0.5, 0.6) is 0 Å². The number of hydrogen-bond acceptors (Lipinski definition) is 3. The van der Waals surface area contributed by atoms with Gasteiger partial charge in [0.25, 0.3) is 0 Å². The lowest BCUT2D eigenvalue weighted by atomic mass is 10.1. The maximum absolute atomic E-state index is 3.47. The molecule has 1 aliphatic rings. The molecule has 2 nitrogen and oxygen atoms in total. The first kappa shape index (κ1) is 12.1. The molecule has 0 spiro atoms. The first-order valence-corrected chi connectivity index (χ1v) is 7.20. The van der Waals surface area contributed by atoms with Gasteiger partial charge < -0.3 is 5.32 Å². The van der Waals surface area contributed by atoms with Crippen LogP contribution in [0.2, 0.25) is 0 Å². The van der Waals surface area contributed by atoms with Gasteiger partial charge in [-0.3, -0.25) is 4.90 Å². The Morgan fingerprint density at radius 2 is 2.50 bits per heavy atom. The molecule has 3 heteroatoms. The topological polar surface area (TPSA) is 15.3 Å². The van der Waals surface area contributed by atoms with Crippen molar-refractivity contribution < 1.29 is 0 Å². The quantitative estimate of drug-likeness (QED) is 0.848. The molecule has 90 valence electrons. The van der Waals surface area contributed by atoms with E-state index < -0.39 is 0 Å². The highest BCUT2D eigenvalue weighted by atomic mass is 32.1. The van der Waals surface area contributed by atoms with Gasteiger partial charge in [0.1, 0.15) is 0 Å². The average Bonchev–Trinajstić information content (AvgIpc) is 2.96. The molecule has 2 heterocycles. The van der Waals surface area contributed by atoms with Crippen LogP contribution in [0.3, 0.4) is 0 Å². The van der Waals surface area contributed by atoms with E-state index >= 15 is 0 Å². The smallest absolute Gasteiger partial charge is 0.0416 e. The van der Waals surface area contributed by atoms with E-state index in [2.05, 4.69) is 41.6 Å². The third-order valence-electron chi connectivity index (χ3n) is 3.44. The van der Waals surface area contributed by atoms with E-state index in [1.54, 1.807) is 0 Å². The predicted octanol–water partition coefficient (Wildman–Crippen LogP) is 2.88. The van der Waals surface area contributed by atoms with Gasteiger partial charge in [0, 0.05) is 23.5 Å². The normalized spacial score (nSPS) is 22.8. The Hall–Kier alpha value is -0.380. The predicted molar refractivity (Wildman–Crippen MR) is 71.0 cm³/mol. The molecule has 16 heavy (non-hydrogen) atoms. The Balaban J connectivity index is 2.05. The fourth-order valence-corrected chi connectivity index (χ4v) is 3.37. The molecule has 0 aliphatic carbocycles. The molecule has 0 bridgehead atoms. The van der Waals surface area contributed by atoms with Gasteiger partial charge in [-0.15, -0.1) is 11.3 Å². The number of hydrogen-bond donors (Lipinski definition) is 1. The van der Waals surface area contributed by atoms with Gasteiger partial charge in [-0.05, 0) is 44.3 Å². The van der Waals surface area contributed by atoms with E-state index in [-0.39, 0.29) is 0 Å². The van der Waals surface area contributed by atoms with E-state index in [4.69, 9.17) is 0 Å². The van der Waals surface area contributed by atoms with Crippen LogP contribution in [0.15, 0.2) is 17.5 Å². The van der Waals surface area contributed by atoms with E-state index in [9.17, 15) is 0 Å². The highest BCUT2D eigenvalue weighted by molar-refractivity contribution is 7.10. The van der Waals surface area contributed by atoms with Crippen LogP contribution >= 0.6 is 11.3 Å². The minimum atomic E-state index is 0.574. The maximum atomic E-state index is 3.47. The molecule has 0 amide bonds. The molecule has 1 N–H and O–H groups in total. The minimum Gasteiger partial charge on any atom is -0.315 e. The zero-order valence-electron chi connectivity index (χ0n) is 10.3. The van der Waals surface area contributed by atoms with Gasteiger partial charge >= 0.3 is 0 Å². The van der Waals surface area contributed by atoms with Crippen LogP contribution < -0.4 is 5.32 Å². The second-order valence-electron chi connectivity index (χ2n) is 4.58. The van der Waals surface area contributed by atoms with Gasteiger partial charge in [0.2, 0.25) is 0 Å². The van der Waals surface area contributed by atoms with Crippen molar-refractivity contribution in [2.45, 2.75) is 38.8 Å². The fourth-order valence-electron chi connectivity index (χ4n) is 2.57. The zero-order chi connectivity index (χ0) is 11.4. The van der Waals surface area contributed by atoms with Crippen LogP contribution in [0.1, 0.15) is 37.6 Å². The number of nitrogens with one attached hydrogen (secondary N) is 1. The Labute approximate surface area is 103 Å². The summed E-state index contributed by atoms with van der Waals surface area (Å²) in [5, 5.41) is 5.66. The third-order valence-corrected chi connectivity index (χ3v) is 4.48. The second kappa shape index (κ2) is 5.80. The standard InChI is InChI=1S/C13H22N2S/c1-3-8-15(12-6-7-14-10-12)11(2)13-5-4-9-16-13/h4-5,9,11-12,14H,3,6-8,10H2,1-2H3. The largest absolute Gasteiger partial charge is 0.315 e. The molecule has 1 aromatic rings. The molecule has 1 fully saturated rings. The van der Waals surface area contributed by atoms with Gasteiger partial charge in [-0.25, -0.2) is 0 Å². The van der Waals surface area contributed by atoms with Crippen molar-refractivity contribution in [3.05, 3.63) is 22.4 Å². The van der Waals surface area contributed by atoms with Crippen molar-refractivity contribution in [3.8, 4) is 0 Å². The summed E-state index contributed by atoms with van der Waals surface area (Å²) in [4.78, 5) is 4.17. The van der Waals surface area contributed by atoms with Crippen molar-refractivity contribution in [1.29, 1.82) is 0 Å². The van der Waals surface area contributed by atoms with E-state index in [1.165, 1.54) is 30.8 Å². The molecular weight excluding hydrogens is 216 g/mol. The molecule has 2 atom stereocenters. The molecule has 0 aromatic carbocycles. The van der Waals surface area contributed by atoms with Crippen LogP contribution in [0, 0.1) is 0 Å². The maximum Gasteiger partial charge on any atom is 0.0416 e. The van der Waals surface area contributed by atoms with Crippen molar-refractivity contribution in [2.75, 3.05) is 19.6 Å². The summed E-state index contributed by atoms with van der Waals surface area (Å²) >= 11 is 1.88. The van der Waals surface area contributed by atoms with Crippen LogP contribution in [0.4, 0.5) is 0 Å². The van der Waals surface area contributed by atoms with Gasteiger partial charge in [-0.2, -0.15) is 0 Å². The summed E-state index contributed by atoms with van der Waals surface area (Å²) in [6.07, 6.45) is 2.54. The lowest BCUT2D eigenvalue weighted by Crippen LogP contribution is -2.39. The molecule has 0 saturated carbocycles. The highest BCUT2D eigenvalue weighted by Crippen LogP contribution is 2.28. The number of thiophene rings is 1. The van der Waals surface area contributed by atoms with Gasteiger partial charge in [-0.1, -0.05) is 13.0 Å². The summed E-state index contributed by atoms with van der Waals surface area (Å²) in [7, 11) is 0. The first-order valence-electron chi connectivity index (χ1n) is 6.32. The van der Waals surface area contributed by atoms with E-state index in [1.807, 2.05) is 11.3 Å². The Morgan fingerprint density at radius 3 is 3.06 bits per heavy atom. The minimum absolute atomic E-state index is 0.574. The summed E-state index contributed by atoms with van der Waals surface area (Å²) in [5.41, 5.74) is 0. The van der Waals surface area contributed by atoms with Crippen LogP contribution in [0.25, 0.3) is 0 Å². The number of rotatable bonds is 5. The molecule has 1 saturated heterocycles. The molecule has 1 aromatic heterocycles. The van der Waals surface area contributed by atoms with E-state index in [0.717, 1.165) is 12.6 Å². The molecule has 2 unspecified atom stereocenters. The zero-order valence-corrected chi connectivity index (χ0v) is 11.1. The second-order valence-corrected chi connectivity index (χ2v) is 5.56. The summed E-state index contributed by atoms with van der Waals surface area (Å²) in [5.74, 6) is 0. The lowest BCUT2D eigenvalue weighted by molar-refractivity contribution is 0.156. The highest BCUT2D eigenvalue weighted by Gasteiger charge is 2.26. The van der Waals surface area contributed by atoms with Crippen molar-refractivity contribution >= 4 is 11.3 Å². The Morgan fingerprint density at radius 1 is 1.62 bits per heavy atom. The fraction of sp³-hybridized carbons (Fsp3) is 0.692. The summed E-state index contributed by atoms with van der Waals surface area (Å²) in [6.45, 7) is 8.18. The monoisotopic (exact) mass is 238 g/mol. The third kappa shape index (κ3) is 2.65. The average molecular weight is 238 g/mol. The van der Waals surface area contributed by atoms with Crippen LogP contribution in [-0.4, -0.2) is 30.6 Å². The summed E-state index contributed by atoms with van der Waals surface area (Å²) < 4.78 is 0.